The molecule has 0 atom stereocenters. The summed E-state index contributed by atoms with van der Waals surface area (Å²) >= 11 is 0. The lowest BCUT2D eigenvalue weighted by Gasteiger charge is -2.38. The minimum atomic E-state index is -0.269. The van der Waals surface area contributed by atoms with Crippen LogP contribution in [0.1, 0.15) is 89.3 Å². The third kappa shape index (κ3) is 12.4. The lowest BCUT2D eigenvalue weighted by Crippen LogP contribution is -2.51. The molecule has 2 aromatic carbocycles. The molecule has 304 valence electrons. The van der Waals surface area contributed by atoms with Crippen LogP contribution in [-0.4, -0.2) is 98.7 Å². The maximum atomic E-state index is 13.1. The molecule has 6 rings (SSSR count). The molecule has 11 nitrogen and oxygen atoms in total. The molecule has 0 radical (unpaired) electrons. The number of anilines is 2. The number of likely N-dealkylation sites (tertiary alicyclic amines) is 2. The lowest BCUT2D eigenvalue weighted by molar-refractivity contribution is -0.0337. The van der Waals surface area contributed by atoms with Crippen LogP contribution in [0.25, 0.3) is 11.1 Å². The molecule has 2 saturated heterocycles. The van der Waals surface area contributed by atoms with Crippen LogP contribution in [0.3, 0.4) is 0 Å². The van der Waals surface area contributed by atoms with Gasteiger partial charge in [0.1, 0.15) is 17.1 Å². The van der Waals surface area contributed by atoms with Gasteiger partial charge in [-0.25, -0.2) is 0 Å². The van der Waals surface area contributed by atoms with E-state index in [1.54, 1.807) is 39.8 Å². The van der Waals surface area contributed by atoms with Crippen molar-refractivity contribution in [2.75, 3.05) is 65.2 Å². The van der Waals surface area contributed by atoms with Crippen molar-refractivity contribution in [3.05, 3.63) is 100 Å². The molecular formula is C45H64N6O5. The second-order valence-corrected chi connectivity index (χ2v) is 13.8. The van der Waals surface area contributed by atoms with Crippen molar-refractivity contribution < 1.29 is 23.8 Å². The summed E-state index contributed by atoms with van der Waals surface area (Å²) in [6, 6.07) is 15.7. The molecule has 4 aromatic rings. The van der Waals surface area contributed by atoms with Gasteiger partial charge in [-0.15, -0.1) is 0 Å². The number of aromatic nitrogens is 2. The third-order valence-corrected chi connectivity index (χ3v) is 10.0. The van der Waals surface area contributed by atoms with Gasteiger partial charge < -0.3 is 24.8 Å². The molecule has 0 spiro atoms. The Morgan fingerprint density at radius 2 is 1.30 bits per heavy atom. The first kappa shape index (κ1) is 45.7. The van der Waals surface area contributed by atoms with Gasteiger partial charge in [0, 0.05) is 95.9 Å². The molecule has 0 bridgehead atoms. The number of benzene rings is 2. The summed E-state index contributed by atoms with van der Waals surface area (Å²) in [6.45, 7) is 19.8. The van der Waals surface area contributed by atoms with E-state index in [0.29, 0.717) is 29.8 Å². The minimum absolute atomic E-state index is 0.269. The van der Waals surface area contributed by atoms with Crippen LogP contribution >= 0.6 is 0 Å². The van der Waals surface area contributed by atoms with Gasteiger partial charge in [-0.05, 0) is 72.4 Å². The number of unbranched alkanes of at least 4 members (excludes halogenated alkanes) is 1. The zero-order valence-corrected chi connectivity index (χ0v) is 35.5. The Hall–Kier alpha value is -4.68. The highest BCUT2D eigenvalue weighted by Gasteiger charge is 2.28. The number of nitrogens with one attached hydrogen (secondary N) is 2. The highest BCUT2D eigenvalue weighted by Crippen LogP contribution is 2.34. The summed E-state index contributed by atoms with van der Waals surface area (Å²) < 4.78 is 16.1. The van der Waals surface area contributed by atoms with E-state index in [4.69, 9.17) is 14.2 Å². The van der Waals surface area contributed by atoms with E-state index in [0.717, 1.165) is 83.8 Å². The van der Waals surface area contributed by atoms with E-state index in [9.17, 15) is 9.59 Å². The zero-order chi connectivity index (χ0) is 41.2. The highest BCUT2D eigenvalue weighted by molar-refractivity contribution is 6.04. The van der Waals surface area contributed by atoms with Gasteiger partial charge in [0.05, 0.1) is 19.3 Å². The average molecular weight is 769 g/mol. The van der Waals surface area contributed by atoms with Crippen LogP contribution in [0.15, 0.2) is 60.9 Å². The monoisotopic (exact) mass is 768 g/mol. The molecule has 1 amide bonds. The van der Waals surface area contributed by atoms with Crippen LogP contribution in [-0.2, 0) is 22.6 Å². The maximum Gasteiger partial charge on any atom is 0.274 e. The van der Waals surface area contributed by atoms with E-state index >= 15 is 0 Å². The Bertz CT molecular complexity index is 1840. The zero-order valence-electron chi connectivity index (χ0n) is 35.5. The summed E-state index contributed by atoms with van der Waals surface area (Å²) in [5.74, 6) is 0.389. The number of amides is 1. The molecule has 11 heteroatoms. The van der Waals surface area contributed by atoms with Crippen LogP contribution in [0, 0.1) is 20.8 Å². The molecule has 2 N–H and O–H groups in total. The third-order valence-electron chi connectivity index (χ3n) is 10.0. The Labute approximate surface area is 335 Å². The number of carbonyl (C=O) groups is 2. The fourth-order valence-electron chi connectivity index (χ4n) is 6.26. The Morgan fingerprint density at radius 3 is 1.79 bits per heavy atom. The second kappa shape index (κ2) is 23.4. The van der Waals surface area contributed by atoms with Gasteiger partial charge >= 0.3 is 0 Å². The number of methoxy groups -OCH3 is 3. The molecule has 56 heavy (non-hydrogen) atoms. The first-order chi connectivity index (χ1) is 27.1. The molecule has 2 aliphatic heterocycles. The molecule has 0 saturated carbocycles. The van der Waals surface area contributed by atoms with E-state index in [1.807, 2.05) is 59.0 Å². The quantitative estimate of drug-likeness (QED) is 0.129. The average Bonchev–Trinajstić information content (AvgIpc) is 3.19. The normalized spacial score (nSPS) is 14.0. The Morgan fingerprint density at radius 1 is 0.786 bits per heavy atom. The smallest absolute Gasteiger partial charge is 0.274 e. The fourth-order valence-corrected chi connectivity index (χ4v) is 6.26. The van der Waals surface area contributed by atoms with E-state index in [1.165, 1.54) is 18.4 Å². The Kier molecular flexibility index (Phi) is 19.1. The van der Waals surface area contributed by atoms with Gasteiger partial charge in [-0.2, -0.15) is 0 Å². The molecule has 4 heterocycles. The number of aryl methyl sites for hydroxylation is 1. The first-order valence-electron chi connectivity index (χ1n) is 19.7. The summed E-state index contributed by atoms with van der Waals surface area (Å²) in [6.07, 6.45) is 7.60. The predicted octanol–water partition coefficient (Wildman–Crippen LogP) is 8.36. The van der Waals surface area contributed by atoms with Crippen molar-refractivity contribution in [3.8, 4) is 16.9 Å². The van der Waals surface area contributed by atoms with Crippen LogP contribution in [0.2, 0.25) is 0 Å². The number of hydrogen-bond donors (Lipinski definition) is 2. The van der Waals surface area contributed by atoms with Crippen molar-refractivity contribution in [2.45, 2.75) is 86.6 Å². The summed E-state index contributed by atoms with van der Waals surface area (Å²) in [7, 11) is 7.01. The first-order valence-corrected chi connectivity index (χ1v) is 19.7. The predicted molar refractivity (Wildman–Crippen MR) is 228 cm³/mol. The van der Waals surface area contributed by atoms with Crippen molar-refractivity contribution in [3.63, 3.8) is 0 Å². The molecule has 2 aliphatic rings. The topological polar surface area (TPSA) is 118 Å². The molecule has 0 aliphatic carbocycles. The SMILES string of the molecule is CC.CCCC.CNc1cccc(-c2cccc(NC(=O)c3cc(OC)c(CN4CC(OC)C4)cn3)c2C)c1C.COC1CN(Cc2cnc(C=O)cc2C)C1. The van der Waals surface area contributed by atoms with Gasteiger partial charge in [-0.1, -0.05) is 64.8 Å². The van der Waals surface area contributed by atoms with Crippen molar-refractivity contribution in [1.82, 2.24) is 19.8 Å². The maximum absolute atomic E-state index is 13.1. The summed E-state index contributed by atoms with van der Waals surface area (Å²) in [5, 5.41) is 6.27. The van der Waals surface area contributed by atoms with Crippen LogP contribution < -0.4 is 15.4 Å². The molecular weight excluding hydrogens is 705 g/mol. The summed E-state index contributed by atoms with van der Waals surface area (Å²) in [4.78, 5) is 36.7. The van der Waals surface area contributed by atoms with Crippen molar-refractivity contribution in [1.29, 1.82) is 0 Å². The number of carbonyl (C=O) groups excluding carboxylic acids is 2. The number of nitrogens with zero attached hydrogens (tertiary/aromatic N) is 4. The van der Waals surface area contributed by atoms with Crippen LogP contribution in [0.5, 0.6) is 5.75 Å². The number of rotatable bonds is 13. The van der Waals surface area contributed by atoms with Gasteiger partial charge in [0.2, 0.25) is 0 Å². The van der Waals surface area contributed by atoms with E-state index in [2.05, 4.69) is 69.4 Å². The standard InChI is InChI=1S/C27H32N4O3.C12H16N2O2.C4H10.C2H6/c1-17-21(8-6-10-23(17)28-3)22-9-7-11-24(18(22)2)30-27(32)25-12-26(34-5)19(13-29-25)14-31-15-20(16-31)33-4;1-9-3-11(8-15)13-4-10(9)5-14-6-12(7-14)16-2;1-3-4-2;1-2/h6-13,20,28H,14-16H2,1-5H3,(H,30,32);3-4,8,12H,5-7H2,1-2H3;3-4H2,1-2H3;1-2H3. The lowest BCUT2D eigenvalue weighted by atomic mass is 9.94. The summed E-state index contributed by atoms with van der Waals surface area (Å²) in [5.41, 5.74) is 10.3. The molecule has 2 fully saturated rings. The number of hydrogen-bond acceptors (Lipinski definition) is 10. The highest BCUT2D eigenvalue weighted by atomic mass is 16.5. The van der Waals surface area contributed by atoms with Crippen LogP contribution in [0.4, 0.5) is 11.4 Å². The van der Waals surface area contributed by atoms with E-state index in [-0.39, 0.29) is 12.0 Å². The van der Waals surface area contributed by atoms with Gasteiger partial charge in [0.25, 0.3) is 5.91 Å². The van der Waals surface area contributed by atoms with Gasteiger partial charge in [-0.3, -0.25) is 29.4 Å². The van der Waals surface area contributed by atoms with Crippen molar-refractivity contribution in [2.24, 2.45) is 0 Å². The number of aldehydes is 1. The minimum Gasteiger partial charge on any atom is -0.496 e. The number of pyridine rings is 2. The molecule has 0 unspecified atom stereocenters. The number of ether oxygens (including phenoxy) is 3. The molecule has 2 aromatic heterocycles. The fraction of sp³-hybridized carbons (Fsp3) is 0.467. The van der Waals surface area contributed by atoms with Crippen molar-refractivity contribution >= 4 is 23.6 Å². The largest absolute Gasteiger partial charge is 0.496 e. The van der Waals surface area contributed by atoms with Gasteiger partial charge in [0.15, 0.2) is 6.29 Å². The second-order valence-electron chi connectivity index (χ2n) is 13.8. The van der Waals surface area contributed by atoms with E-state index < -0.39 is 0 Å². The Balaban J connectivity index is 0.000000317.